The highest BCUT2D eigenvalue weighted by Gasteiger charge is 2.18. The molecule has 7 heteroatoms. The van der Waals surface area contributed by atoms with Crippen LogP contribution in [0.1, 0.15) is 4.88 Å². The lowest BCUT2D eigenvalue weighted by molar-refractivity contribution is 0.583. The monoisotopic (exact) mass is 307 g/mol. The van der Waals surface area contributed by atoms with Crippen LogP contribution in [0.4, 0.5) is 5.69 Å². The predicted octanol–water partition coefficient (Wildman–Crippen LogP) is 2.29. The van der Waals surface area contributed by atoms with E-state index in [4.69, 9.17) is 5.73 Å². The molecular weight excluding hydrogens is 294 g/mol. The maximum Gasteiger partial charge on any atom is 0.243 e. The molecule has 0 bridgehead atoms. The van der Waals surface area contributed by atoms with Gasteiger partial charge in [-0.15, -0.1) is 11.3 Å². The van der Waals surface area contributed by atoms with Crippen LogP contribution < -0.4 is 10.5 Å². The Kier molecular flexibility index (Phi) is 3.25. The molecule has 0 aliphatic rings. The number of benzene rings is 1. The number of hydrogen-bond donors (Lipinski definition) is 3. The highest BCUT2D eigenvalue weighted by Crippen LogP contribution is 2.24. The summed E-state index contributed by atoms with van der Waals surface area (Å²) in [4.78, 5) is 4.13. The number of thiophene rings is 1. The van der Waals surface area contributed by atoms with Crippen molar-refractivity contribution in [1.82, 2.24) is 9.71 Å². The van der Waals surface area contributed by atoms with Crippen molar-refractivity contribution in [2.75, 3.05) is 5.73 Å². The van der Waals surface area contributed by atoms with Crippen molar-refractivity contribution in [3.63, 3.8) is 0 Å². The molecule has 0 saturated carbocycles. The third-order valence-electron chi connectivity index (χ3n) is 2.97. The molecule has 0 fully saturated rings. The zero-order valence-corrected chi connectivity index (χ0v) is 12.1. The summed E-state index contributed by atoms with van der Waals surface area (Å²) in [6, 6.07) is 8.93. The third kappa shape index (κ3) is 2.43. The van der Waals surface area contributed by atoms with E-state index < -0.39 is 10.0 Å². The van der Waals surface area contributed by atoms with E-state index in [1.807, 2.05) is 17.5 Å². The molecule has 3 rings (SSSR count). The number of aromatic nitrogens is 1. The van der Waals surface area contributed by atoms with Crippen LogP contribution in [0, 0.1) is 0 Å². The second-order valence-electron chi connectivity index (χ2n) is 4.36. The van der Waals surface area contributed by atoms with Gasteiger partial charge in [-0.25, -0.2) is 13.1 Å². The molecule has 5 nitrogen and oxygen atoms in total. The van der Waals surface area contributed by atoms with Crippen LogP contribution in [0.3, 0.4) is 0 Å². The van der Waals surface area contributed by atoms with Crippen LogP contribution in [0.25, 0.3) is 10.9 Å². The number of anilines is 1. The fourth-order valence-corrected chi connectivity index (χ4v) is 3.90. The Labute approximate surface area is 120 Å². The molecule has 2 aromatic heterocycles. The number of fused-ring (bicyclic) bond motifs is 1. The van der Waals surface area contributed by atoms with E-state index in [0.29, 0.717) is 11.1 Å². The number of rotatable bonds is 4. The topological polar surface area (TPSA) is 88.0 Å². The second kappa shape index (κ2) is 4.93. The maximum atomic E-state index is 12.3. The van der Waals surface area contributed by atoms with Crippen LogP contribution in [0.5, 0.6) is 0 Å². The van der Waals surface area contributed by atoms with E-state index in [9.17, 15) is 8.42 Å². The van der Waals surface area contributed by atoms with Gasteiger partial charge in [0.1, 0.15) is 4.90 Å². The fourth-order valence-electron chi connectivity index (χ4n) is 1.99. The van der Waals surface area contributed by atoms with Gasteiger partial charge in [0.15, 0.2) is 0 Å². The number of nitrogens with one attached hydrogen (secondary N) is 2. The lowest BCUT2D eigenvalue weighted by Gasteiger charge is -2.04. The van der Waals surface area contributed by atoms with Gasteiger partial charge in [-0.1, -0.05) is 6.07 Å². The van der Waals surface area contributed by atoms with Crippen molar-refractivity contribution >= 4 is 38.0 Å². The molecule has 1 aromatic carbocycles. The molecule has 0 amide bonds. The average molecular weight is 307 g/mol. The van der Waals surface area contributed by atoms with E-state index in [1.165, 1.54) is 17.5 Å². The van der Waals surface area contributed by atoms with Crippen molar-refractivity contribution in [2.24, 2.45) is 0 Å². The summed E-state index contributed by atoms with van der Waals surface area (Å²) in [6.45, 7) is 0.287. The van der Waals surface area contributed by atoms with Gasteiger partial charge >= 0.3 is 0 Å². The van der Waals surface area contributed by atoms with Crippen molar-refractivity contribution < 1.29 is 8.42 Å². The summed E-state index contributed by atoms with van der Waals surface area (Å²) >= 11 is 1.51. The van der Waals surface area contributed by atoms with Gasteiger partial charge in [0.2, 0.25) is 10.0 Å². The van der Waals surface area contributed by atoms with Crippen LogP contribution in [0.2, 0.25) is 0 Å². The van der Waals surface area contributed by atoms with Crippen molar-refractivity contribution in [1.29, 1.82) is 0 Å². The number of aromatic amines is 1. The van der Waals surface area contributed by atoms with Crippen LogP contribution >= 0.6 is 11.3 Å². The summed E-state index contributed by atoms with van der Waals surface area (Å²) in [5, 5.41) is 2.51. The average Bonchev–Trinajstić information content (AvgIpc) is 3.05. The lowest BCUT2D eigenvalue weighted by atomic mass is 10.2. The van der Waals surface area contributed by atoms with Gasteiger partial charge < -0.3 is 10.7 Å². The molecule has 0 saturated heterocycles. The maximum absolute atomic E-state index is 12.3. The first-order valence-corrected chi connectivity index (χ1v) is 8.31. The van der Waals surface area contributed by atoms with E-state index >= 15 is 0 Å². The number of H-pyrrole nitrogens is 1. The van der Waals surface area contributed by atoms with E-state index in [1.54, 1.807) is 18.2 Å². The molecule has 0 aliphatic heterocycles. The Morgan fingerprint density at radius 1 is 1.30 bits per heavy atom. The summed E-state index contributed by atoms with van der Waals surface area (Å²) in [7, 11) is -3.57. The number of nitrogen functional groups attached to an aromatic ring is 1. The third-order valence-corrected chi connectivity index (χ3v) is 5.29. The number of nitrogens with two attached hydrogens (primary N) is 1. The van der Waals surface area contributed by atoms with Gasteiger partial charge in [-0.05, 0) is 29.6 Å². The standard InChI is InChI=1S/C13H13N3O2S2/c14-9-3-4-12-11(6-9)13(8-15-12)20(17,18)16-7-10-2-1-5-19-10/h1-6,8,15-16H,7,14H2. The fraction of sp³-hybridized carbons (Fsp3) is 0.0769. The number of hydrogen-bond acceptors (Lipinski definition) is 4. The molecular formula is C13H13N3O2S2. The van der Waals surface area contributed by atoms with Gasteiger partial charge in [-0.2, -0.15) is 0 Å². The summed E-state index contributed by atoms with van der Waals surface area (Å²) in [5.74, 6) is 0. The largest absolute Gasteiger partial charge is 0.399 e. The molecule has 0 unspecified atom stereocenters. The molecule has 4 N–H and O–H groups in total. The minimum Gasteiger partial charge on any atom is -0.399 e. The Balaban J connectivity index is 1.94. The van der Waals surface area contributed by atoms with Crippen LogP contribution in [-0.2, 0) is 16.6 Å². The van der Waals surface area contributed by atoms with Crippen molar-refractivity contribution in [3.8, 4) is 0 Å². The molecule has 2 heterocycles. The normalized spacial score (nSPS) is 12.0. The molecule has 3 aromatic rings. The zero-order chi connectivity index (χ0) is 14.2. The quantitative estimate of drug-likeness (QED) is 0.646. The first-order chi connectivity index (χ1) is 9.56. The smallest absolute Gasteiger partial charge is 0.243 e. The van der Waals surface area contributed by atoms with Crippen molar-refractivity contribution in [2.45, 2.75) is 11.4 Å². The summed E-state index contributed by atoms with van der Waals surface area (Å²) in [5.41, 5.74) is 7.00. The summed E-state index contributed by atoms with van der Waals surface area (Å²) in [6.07, 6.45) is 1.49. The molecule has 0 aliphatic carbocycles. The highest BCUT2D eigenvalue weighted by molar-refractivity contribution is 7.89. The zero-order valence-electron chi connectivity index (χ0n) is 10.5. The Bertz CT molecular complexity index is 836. The van der Waals surface area contributed by atoms with E-state index in [0.717, 1.165) is 10.4 Å². The predicted molar refractivity (Wildman–Crippen MR) is 81.1 cm³/mol. The second-order valence-corrected chi connectivity index (χ2v) is 7.13. The van der Waals surface area contributed by atoms with Crippen LogP contribution in [0.15, 0.2) is 46.8 Å². The molecule has 0 atom stereocenters. The SMILES string of the molecule is Nc1ccc2[nH]cc(S(=O)(=O)NCc3cccs3)c2c1. The minimum absolute atomic E-state index is 0.219. The molecule has 20 heavy (non-hydrogen) atoms. The lowest BCUT2D eigenvalue weighted by Crippen LogP contribution is -2.22. The van der Waals surface area contributed by atoms with Gasteiger partial charge in [0.25, 0.3) is 0 Å². The van der Waals surface area contributed by atoms with E-state index in [2.05, 4.69) is 9.71 Å². The highest BCUT2D eigenvalue weighted by atomic mass is 32.2. The van der Waals surface area contributed by atoms with Crippen molar-refractivity contribution in [3.05, 3.63) is 46.8 Å². The number of sulfonamides is 1. The molecule has 0 spiro atoms. The van der Waals surface area contributed by atoms with E-state index in [-0.39, 0.29) is 11.4 Å². The Hall–Kier alpha value is -1.83. The Morgan fingerprint density at radius 3 is 2.90 bits per heavy atom. The Morgan fingerprint density at radius 2 is 2.15 bits per heavy atom. The van der Waals surface area contributed by atoms with Gasteiger partial charge in [0.05, 0.1) is 0 Å². The molecule has 0 radical (unpaired) electrons. The minimum atomic E-state index is -3.57. The van der Waals surface area contributed by atoms with Gasteiger partial charge in [0, 0.05) is 34.2 Å². The summed E-state index contributed by atoms with van der Waals surface area (Å²) < 4.78 is 27.3. The first-order valence-electron chi connectivity index (χ1n) is 5.95. The molecule has 104 valence electrons. The first kappa shape index (κ1) is 13.2. The van der Waals surface area contributed by atoms with Gasteiger partial charge in [-0.3, -0.25) is 0 Å². The van der Waals surface area contributed by atoms with Crippen LogP contribution in [-0.4, -0.2) is 13.4 Å².